The van der Waals surface area contributed by atoms with E-state index in [2.05, 4.69) is 32.7 Å². The van der Waals surface area contributed by atoms with Gasteiger partial charge >= 0.3 is 6.03 Å². The van der Waals surface area contributed by atoms with Gasteiger partial charge in [0.2, 0.25) is 5.91 Å². The maximum absolute atomic E-state index is 12.3. The van der Waals surface area contributed by atoms with Crippen molar-refractivity contribution < 1.29 is 14.0 Å². The number of hydrogen-bond donors (Lipinski definition) is 2. The first-order valence-corrected chi connectivity index (χ1v) is 11.3. The summed E-state index contributed by atoms with van der Waals surface area (Å²) in [4.78, 5) is 26.3. The van der Waals surface area contributed by atoms with Crippen molar-refractivity contribution in [3.05, 3.63) is 65.9 Å². The van der Waals surface area contributed by atoms with E-state index in [0.29, 0.717) is 17.5 Å². The molecule has 2 N–H and O–H groups in total. The SMILES string of the molecule is CCC(c1nnc(SCC(=O)NC(=O)NCc2ccco2)n1Cc1ccccc1)N(C)C. The first-order valence-electron chi connectivity index (χ1n) is 10.3. The number of furan rings is 1. The highest BCUT2D eigenvalue weighted by atomic mass is 32.2. The van der Waals surface area contributed by atoms with Crippen LogP contribution in [-0.2, 0) is 17.9 Å². The van der Waals surface area contributed by atoms with Gasteiger partial charge in [0.25, 0.3) is 0 Å². The van der Waals surface area contributed by atoms with Crippen molar-refractivity contribution in [2.75, 3.05) is 19.8 Å². The summed E-state index contributed by atoms with van der Waals surface area (Å²) in [5.41, 5.74) is 1.12. The molecule has 0 fully saturated rings. The van der Waals surface area contributed by atoms with Crippen molar-refractivity contribution in [3.63, 3.8) is 0 Å². The number of nitrogens with zero attached hydrogens (tertiary/aromatic N) is 4. The van der Waals surface area contributed by atoms with Crippen molar-refractivity contribution >= 4 is 23.7 Å². The molecule has 3 amide bonds. The topological polar surface area (TPSA) is 105 Å². The monoisotopic (exact) mass is 456 g/mol. The zero-order chi connectivity index (χ0) is 22.9. The standard InChI is InChI=1S/C22H28N6O3S/c1-4-18(27(2)3)20-25-26-22(28(20)14-16-9-6-5-7-10-16)32-15-19(29)24-21(30)23-13-17-11-8-12-31-17/h5-12,18H,4,13-15H2,1-3H3,(H2,23,24,29,30). The van der Waals surface area contributed by atoms with Crippen LogP contribution in [-0.4, -0.2) is 51.5 Å². The van der Waals surface area contributed by atoms with Gasteiger partial charge in [-0.3, -0.25) is 15.0 Å². The largest absolute Gasteiger partial charge is 0.467 e. The maximum Gasteiger partial charge on any atom is 0.321 e. The highest BCUT2D eigenvalue weighted by Crippen LogP contribution is 2.26. The molecule has 0 saturated heterocycles. The van der Waals surface area contributed by atoms with Gasteiger partial charge in [-0.1, -0.05) is 49.0 Å². The van der Waals surface area contributed by atoms with Crippen molar-refractivity contribution in [2.45, 2.75) is 37.6 Å². The number of imide groups is 1. The Morgan fingerprint density at radius 2 is 1.94 bits per heavy atom. The summed E-state index contributed by atoms with van der Waals surface area (Å²) in [5.74, 6) is 1.08. The number of amides is 3. The van der Waals surface area contributed by atoms with Crippen LogP contribution in [0.25, 0.3) is 0 Å². The third-order valence-corrected chi connectivity index (χ3v) is 5.79. The van der Waals surface area contributed by atoms with Crippen molar-refractivity contribution in [3.8, 4) is 0 Å². The number of carbonyl (C=O) groups excluding carboxylic acids is 2. The van der Waals surface area contributed by atoms with Gasteiger partial charge in [-0.15, -0.1) is 10.2 Å². The Labute approximate surface area is 191 Å². The Morgan fingerprint density at radius 1 is 1.16 bits per heavy atom. The van der Waals surface area contributed by atoms with Crippen LogP contribution in [0.2, 0.25) is 0 Å². The number of benzene rings is 1. The molecule has 0 spiro atoms. The zero-order valence-electron chi connectivity index (χ0n) is 18.4. The molecule has 2 heterocycles. The summed E-state index contributed by atoms with van der Waals surface area (Å²) in [6, 6.07) is 13.0. The van der Waals surface area contributed by atoms with Crippen LogP contribution < -0.4 is 10.6 Å². The highest BCUT2D eigenvalue weighted by molar-refractivity contribution is 7.99. The van der Waals surface area contributed by atoms with Crippen LogP contribution in [0.3, 0.4) is 0 Å². The molecule has 0 aliphatic rings. The van der Waals surface area contributed by atoms with E-state index in [0.717, 1.165) is 17.8 Å². The Balaban J connectivity index is 1.65. The summed E-state index contributed by atoms with van der Waals surface area (Å²) in [6.45, 7) is 2.91. The minimum Gasteiger partial charge on any atom is -0.467 e. The molecule has 0 aliphatic heterocycles. The quantitative estimate of drug-likeness (QED) is 0.452. The van der Waals surface area contributed by atoms with E-state index in [4.69, 9.17) is 4.42 Å². The lowest BCUT2D eigenvalue weighted by molar-refractivity contribution is -0.117. The molecule has 3 rings (SSSR count). The van der Waals surface area contributed by atoms with Gasteiger partial charge in [-0.05, 0) is 38.2 Å². The fourth-order valence-electron chi connectivity index (χ4n) is 3.26. The van der Waals surface area contributed by atoms with Gasteiger partial charge in [0.1, 0.15) is 5.76 Å². The molecule has 0 aliphatic carbocycles. The number of rotatable bonds is 10. The van der Waals surface area contributed by atoms with Crippen molar-refractivity contribution in [1.29, 1.82) is 0 Å². The van der Waals surface area contributed by atoms with E-state index in [1.165, 1.54) is 18.0 Å². The molecule has 9 nitrogen and oxygen atoms in total. The Hall–Kier alpha value is -3.11. The molecule has 0 saturated carbocycles. The van der Waals surface area contributed by atoms with Crippen molar-refractivity contribution in [1.82, 2.24) is 30.3 Å². The molecule has 0 bridgehead atoms. The highest BCUT2D eigenvalue weighted by Gasteiger charge is 2.23. The summed E-state index contributed by atoms with van der Waals surface area (Å²) < 4.78 is 7.19. The fraction of sp³-hybridized carbons (Fsp3) is 0.364. The number of nitrogens with one attached hydrogen (secondary N) is 2. The molecule has 1 atom stereocenters. The average molecular weight is 457 g/mol. The maximum atomic E-state index is 12.3. The molecule has 3 aromatic rings. The van der Waals surface area contributed by atoms with E-state index in [1.54, 1.807) is 12.1 Å². The number of hydrogen-bond acceptors (Lipinski definition) is 7. The molecule has 170 valence electrons. The van der Waals surface area contributed by atoms with Gasteiger partial charge in [0.15, 0.2) is 11.0 Å². The molecule has 32 heavy (non-hydrogen) atoms. The first kappa shape index (κ1) is 23.6. The van der Waals surface area contributed by atoms with E-state index < -0.39 is 11.9 Å². The molecule has 1 unspecified atom stereocenters. The summed E-state index contributed by atoms with van der Waals surface area (Å²) in [6.07, 6.45) is 2.40. The predicted octanol–water partition coefficient (Wildman–Crippen LogP) is 3.05. The fourth-order valence-corrected chi connectivity index (χ4v) is 4.01. The normalized spacial score (nSPS) is 12.0. The van der Waals surface area contributed by atoms with E-state index in [1.807, 2.05) is 49.0 Å². The molecular formula is C22H28N6O3S. The van der Waals surface area contributed by atoms with E-state index >= 15 is 0 Å². The van der Waals surface area contributed by atoms with Crippen LogP contribution in [0.4, 0.5) is 4.79 Å². The lowest BCUT2D eigenvalue weighted by Crippen LogP contribution is -2.39. The Bertz CT molecular complexity index is 1000. The minimum atomic E-state index is -0.572. The molecule has 1 aromatic carbocycles. The van der Waals surface area contributed by atoms with Gasteiger partial charge in [0, 0.05) is 0 Å². The number of aromatic nitrogens is 3. The minimum absolute atomic E-state index is 0.0415. The Kier molecular flexibility index (Phi) is 8.46. The average Bonchev–Trinajstić information content (AvgIpc) is 3.43. The lowest BCUT2D eigenvalue weighted by atomic mass is 10.2. The van der Waals surface area contributed by atoms with Crippen LogP contribution in [0.1, 0.15) is 36.5 Å². The number of carbonyl (C=O) groups is 2. The molecule has 10 heteroatoms. The summed E-state index contributed by atoms with van der Waals surface area (Å²) >= 11 is 1.25. The van der Waals surface area contributed by atoms with Crippen LogP contribution >= 0.6 is 11.8 Å². The zero-order valence-corrected chi connectivity index (χ0v) is 19.3. The summed E-state index contributed by atoms with van der Waals surface area (Å²) in [7, 11) is 4.02. The Morgan fingerprint density at radius 3 is 2.59 bits per heavy atom. The van der Waals surface area contributed by atoms with Crippen molar-refractivity contribution in [2.24, 2.45) is 0 Å². The molecule has 0 radical (unpaired) electrons. The number of urea groups is 1. The molecular weight excluding hydrogens is 428 g/mol. The first-order chi connectivity index (χ1) is 15.5. The summed E-state index contributed by atoms with van der Waals surface area (Å²) in [5, 5.41) is 14.3. The second-order valence-corrected chi connectivity index (χ2v) is 8.34. The van der Waals surface area contributed by atoms with Crippen LogP contribution in [0.15, 0.2) is 58.3 Å². The van der Waals surface area contributed by atoms with Gasteiger partial charge in [-0.2, -0.15) is 0 Å². The van der Waals surface area contributed by atoms with Gasteiger partial charge < -0.3 is 14.3 Å². The lowest BCUT2D eigenvalue weighted by Gasteiger charge is -2.23. The molecule has 2 aromatic heterocycles. The third-order valence-electron chi connectivity index (χ3n) is 4.83. The number of thioether (sulfide) groups is 1. The second-order valence-electron chi connectivity index (χ2n) is 7.40. The smallest absolute Gasteiger partial charge is 0.321 e. The third kappa shape index (κ3) is 6.44. The second kappa shape index (κ2) is 11.5. The van der Waals surface area contributed by atoms with E-state index in [9.17, 15) is 9.59 Å². The predicted molar refractivity (Wildman–Crippen MR) is 122 cm³/mol. The van der Waals surface area contributed by atoms with Gasteiger partial charge in [0.05, 0.1) is 31.1 Å². The van der Waals surface area contributed by atoms with Crippen LogP contribution in [0.5, 0.6) is 0 Å². The van der Waals surface area contributed by atoms with Crippen LogP contribution in [0, 0.1) is 0 Å². The van der Waals surface area contributed by atoms with E-state index in [-0.39, 0.29) is 18.3 Å². The van der Waals surface area contributed by atoms with Gasteiger partial charge in [-0.25, -0.2) is 4.79 Å².